The minimum atomic E-state index is 0.00310. The van der Waals surface area contributed by atoms with Crippen molar-refractivity contribution in [3.63, 3.8) is 0 Å². The molecule has 1 aromatic rings. The number of nitrogens with one attached hydrogen (secondary N) is 1. The Hall–Kier alpha value is -1.69. The highest BCUT2D eigenvalue weighted by Gasteiger charge is 2.21. The predicted octanol–water partition coefficient (Wildman–Crippen LogP) is -0.333. The first-order valence-electron chi connectivity index (χ1n) is 5.83. The SMILES string of the molecule is CCc1nc(N)ncc1C(=O)N1CCNCC1. The molecule has 3 N–H and O–H groups in total. The van der Waals surface area contributed by atoms with Gasteiger partial charge in [0.05, 0.1) is 11.3 Å². The zero-order chi connectivity index (χ0) is 12.3. The molecular weight excluding hydrogens is 218 g/mol. The van der Waals surface area contributed by atoms with Crippen LogP contribution < -0.4 is 11.1 Å². The number of aromatic nitrogens is 2. The van der Waals surface area contributed by atoms with Crippen molar-refractivity contribution in [2.45, 2.75) is 13.3 Å². The largest absolute Gasteiger partial charge is 0.368 e. The number of carbonyl (C=O) groups excluding carboxylic acids is 1. The van der Waals surface area contributed by atoms with E-state index in [1.54, 1.807) is 0 Å². The van der Waals surface area contributed by atoms with Crippen LogP contribution in [0.25, 0.3) is 0 Å². The van der Waals surface area contributed by atoms with Gasteiger partial charge < -0.3 is 16.0 Å². The molecule has 17 heavy (non-hydrogen) atoms. The van der Waals surface area contributed by atoms with Gasteiger partial charge in [0.1, 0.15) is 0 Å². The number of nitrogens with two attached hydrogens (primary N) is 1. The summed E-state index contributed by atoms with van der Waals surface area (Å²) in [6, 6.07) is 0. The topological polar surface area (TPSA) is 84.1 Å². The molecule has 0 radical (unpaired) electrons. The number of piperazine rings is 1. The number of hydrogen-bond donors (Lipinski definition) is 2. The van der Waals surface area contributed by atoms with E-state index < -0.39 is 0 Å². The lowest BCUT2D eigenvalue weighted by Crippen LogP contribution is -2.46. The predicted molar refractivity (Wildman–Crippen MR) is 64.6 cm³/mol. The molecule has 0 unspecified atom stereocenters. The lowest BCUT2D eigenvalue weighted by molar-refractivity contribution is 0.0734. The van der Waals surface area contributed by atoms with Crippen molar-refractivity contribution in [3.05, 3.63) is 17.5 Å². The molecule has 6 nitrogen and oxygen atoms in total. The molecule has 0 atom stereocenters. The third-order valence-corrected chi connectivity index (χ3v) is 2.86. The average Bonchev–Trinajstić information content (AvgIpc) is 2.39. The van der Waals surface area contributed by atoms with Crippen molar-refractivity contribution in [3.8, 4) is 0 Å². The highest BCUT2D eigenvalue weighted by Crippen LogP contribution is 2.11. The van der Waals surface area contributed by atoms with Crippen LogP contribution in [0.5, 0.6) is 0 Å². The van der Waals surface area contributed by atoms with Crippen LogP contribution in [0.1, 0.15) is 23.0 Å². The Labute approximate surface area is 100 Å². The second-order valence-electron chi connectivity index (χ2n) is 3.98. The highest BCUT2D eigenvalue weighted by molar-refractivity contribution is 5.95. The van der Waals surface area contributed by atoms with Crippen molar-refractivity contribution < 1.29 is 4.79 Å². The van der Waals surface area contributed by atoms with Crippen LogP contribution in [0.2, 0.25) is 0 Å². The first-order valence-corrected chi connectivity index (χ1v) is 5.83. The third kappa shape index (κ3) is 2.52. The zero-order valence-electron chi connectivity index (χ0n) is 9.94. The monoisotopic (exact) mass is 235 g/mol. The Balaban J connectivity index is 2.23. The van der Waals surface area contributed by atoms with Gasteiger partial charge in [0.2, 0.25) is 5.95 Å². The summed E-state index contributed by atoms with van der Waals surface area (Å²) in [6.07, 6.45) is 2.21. The van der Waals surface area contributed by atoms with Gasteiger partial charge in [-0.15, -0.1) is 0 Å². The van der Waals surface area contributed by atoms with Crippen molar-refractivity contribution in [1.82, 2.24) is 20.2 Å². The number of aryl methyl sites for hydroxylation is 1. The third-order valence-electron chi connectivity index (χ3n) is 2.86. The highest BCUT2D eigenvalue weighted by atomic mass is 16.2. The molecule has 0 spiro atoms. The van der Waals surface area contributed by atoms with Gasteiger partial charge in [-0.05, 0) is 6.42 Å². The molecule has 0 aromatic carbocycles. The summed E-state index contributed by atoms with van der Waals surface area (Å²) in [5.74, 6) is 0.224. The maximum Gasteiger partial charge on any atom is 0.257 e. The van der Waals surface area contributed by atoms with E-state index in [0.717, 1.165) is 31.9 Å². The van der Waals surface area contributed by atoms with Crippen molar-refractivity contribution in [2.75, 3.05) is 31.9 Å². The Morgan fingerprint density at radius 2 is 2.24 bits per heavy atom. The molecule has 92 valence electrons. The Morgan fingerprint density at radius 1 is 1.53 bits per heavy atom. The van der Waals surface area contributed by atoms with E-state index in [4.69, 9.17) is 5.73 Å². The van der Waals surface area contributed by atoms with E-state index in [9.17, 15) is 4.79 Å². The molecule has 0 bridgehead atoms. The van der Waals surface area contributed by atoms with Gasteiger partial charge in [-0.2, -0.15) is 0 Å². The van der Waals surface area contributed by atoms with E-state index in [0.29, 0.717) is 12.0 Å². The minimum Gasteiger partial charge on any atom is -0.368 e. The molecule has 2 heterocycles. The molecule has 1 fully saturated rings. The fraction of sp³-hybridized carbons (Fsp3) is 0.545. The summed E-state index contributed by atoms with van der Waals surface area (Å²) in [4.78, 5) is 22.1. The maximum atomic E-state index is 12.3. The normalized spacial score (nSPS) is 15.9. The van der Waals surface area contributed by atoms with Crippen LogP contribution in [0.3, 0.4) is 0 Å². The maximum absolute atomic E-state index is 12.3. The average molecular weight is 235 g/mol. The van der Waals surface area contributed by atoms with E-state index in [1.165, 1.54) is 6.20 Å². The second kappa shape index (κ2) is 5.09. The van der Waals surface area contributed by atoms with Crippen LogP contribution in [0.4, 0.5) is 5.95 Å². The quantitative estimate of drug-likeness (QED) is 0.733. The van der Waals surface area contributed by atoms with Crippen LogP contribution in [-0.2, 0) is 6.42 Å². The molecule has 2 rings (SSSR count). The van der Waals surface area contributed by atoms with Crippen LogP contribution in [0.15, 0.2) is 6.20 Å². The molecule has 6 heteroatoms. The standard InChI is InChI=1S/C11H17N5O/c1-2-9-8(7-14-11(12)15-9)10(17)16-5-3-13-4-6-16/h7,13H,2-6H2,1H3,(H2,12,14,15). The molecule has 1 saturated heterocycles. The fourth-order valence-electron chi connectivity index (χ4n) is 1.92. The van der Waals surface area contributed by atoms with Crippen LogP contribution in [-0.4, -0.2) is 47.0 Å². The molecule has 0 saturated carbocycles. The molecule has 1 aliphatic rings. The van der Waals surface area contributed by atoms with Gasteiger partial charge in [0.25, 0.3) is 5.91 Å². The number of amides is 1. The Morgan fingerprint density at radius 3 is 2.88 bits per heavy atom. The van der Waals surface area contributed by atoms with E-state index in [1.807, 2.05) is 11.8 Å². The van der Waals surface area contributed by atoms with Crippen LogP contribution >= 0.6 is 0 Å². The Bertz CT molecular complexity index is 414. The Kier molecular flexibility index (Phi) is 3.53. The lowest BCUT2D eigenvalue weighted by atomic mass is 10.1. The van der Waals surface area contributed by atoms with Crippen molar-refractivity contribution in [2.24, 2.45) is 0 Å². The lowest BCUT2D eigenvalue weighted by Gasteiger charge is -2.27. The van der Waals surface area contributed by atoms with Crippen LogP contribution in [0, 0.1) is 0 Å². The van der Waals surface area contributed by atoms with Gasteiger partial charge in [-0.1, -0.05) is 6.92 Å². The minimum absolute atomic E-state index is 0.00310. The van der Waals surface area contributed by atoms with Gasteiger partial charge in [-0.25, -0.2) is 9.97 Å². The summed E-state index contributed by atoms with van der Waals surface area (Å²) in [5.41, 5.74) is 6.82. The summed E-state index contributed by atoms with van der Waals surface area (Å²) in [6.45, 7) is 5.08. The van der Waals surface area contributed by atoms with Crippen molar-refractivity contribution in [1.29, 1.82) is 0 Å². The number of anilines is 1. The van der Waals surface area contributed by atoms with E-state index >= 15 is 0 Å². The first-order chi connectivity index (χ1) is 8.22. The molecule has 1 aliphatic heterocycles. The van der Waals surface area contributed by atoms with Gasteiger partial charge >= 0.3 is 0 Å². The zero-order valence-corrected chi connectivity index (χ0v) is 9.94. The molecule has 1 amide bonds. The fourth-order valence-corrected chi connectivity index (χ4v) is 1.92. The number of rotatable bonds is 2. The van der Waals surface area contributed by atoms with Gasteiger partial charge in [0.15, 0.2) is 0 Å². The molecule has 0 aliphatic carbocycles. The summed E-state index contributed by atoms with van der Waals surface area (Å²) in [7, 11) is 0. The molecule has 1 aromatic heterocycles. The second-order valence-corrected chi connectivity index (χ2v) is 3.98. The number of hydrogen-bond acceptors (Lipinski definition) is 5. The number of nitrogens with zero attached hydrogens (tertiary/aromatic N) is 3. The van der Waals surface area contributed by atoms with Gasteiger partial charge in [-0.3, -0.25) is 4.79 Å². The number of carbonyl (C=O) groups is 1. The smallest absolute Gasteiger partial charge is 0.257 e. The summed E-state index contributed by atoms with van der Waals surface area (Å²) >= 11 is 0. The summed E-state index contributed by atoms with van der Waals surface area (Å²) < 4.78 is 0. The van der Waals surface area contributed by atoms with Crippen molar-refractivity contribution >= 4 is 11.9 Å². The molecular formula is C11H17N5O. The number of nitrogen functional groups attached to an aromatic ring is 1. The first kappa shape index (κ1) is 11.8. The van der Waals surface area contributed by atoms with E-state index in [2.05, 4.69) is 15.3 Å². The van der Waals surface area contributed by atoms with E-state index in [-0.39, 0.29) is 11.9 Å². The summed E-state index contributed by atoms with van der Waals surface area (Å²) in [5, 5.41) is 3.21. The van der Waals surface area contributed by atoms with Gasteiger partial charge in [0, 0.05) is 32.4 Å².